The van der Waals surface area contributed by atoms with Crippen LogP contribution in [-0.2, 0) is 10.6 Å². The standard InChI is InChI=1S/C13H20ClNO2/c1-4-16-5-6-17-13-8-11(9-14)7-12(15-13)10(2)3/h7-8,10H,4-6,9H2,1-3H3. The molecule has 0 saturated heterocycles. The normalized spacial score (nSPS) is 10.9. The molecule has 0 unspecified atom stereocenters. The van der Waals surface area contributed by atoms with Crippen LogP contribution in [0.3, 0.4) is 0 Å². The summed E-state index contributed by atoms with van der Waals surface area (Å²) in [5.74, 6) is 1.48. The molecule has 0 N–H and O–H groups in total. The summed E-state index contributed by atoms with van der Waals surface area (Å²) in [4.78, 5) is 4.44. The van der Waals surface area contributed by atoms with E-state index in [2.05, 4.69) is 18.8 Å². The highest BCUT2D eigenvalue weighted by Gasteiger charge is 2.06. The Morgan fingerprint density at radius 2 is 2.06 bits per heavy atom. The Hall–Kier alpha value is -0.800. The molecule has 0 atom stereocenters. The first-order valence-electron chi connectivity index (χ1n) is 5.94. The number of halogens is 1. The van der Waals surface area contributed by atoms with Crippen LogP contribution in [0.25, 0.3) is 0 Å². The second-order valence-corrected chi connectivity index (χ2v) is 4.34. The van der Waals surface area contributed by atoms with Gasteiger partial charge in [0.2, 0.25) is 5.88 Å². The van der Waals surface area contributed by atoms with E-state index >= 15 is 0 Å². The lowest BCUT2D eigenvalue weighted by Gasteiger charge is -2.11. The van der Waals surface area contributed by atoms with Gasteiger partial charge in [0.1, 0.15) is 6.61 Å². The van der Waals surface area contributed by atoms with Crippen molar-refractivity contribution in [2.24, 2.45) is 0 Å². The van der Waals surface area contributed by atoms with Crippen LogP contribution >= 0.6 is 11.6 Å². The molecule has 96 valence electrons. The molecule has 17 heavy (non-hydrogen) atoms. The summed E-state index contributed by atoms with van der Waals surface area (Å²) in [5.41, 5.74) is 2.05. The van der Waals surface area contributed by atoms with Crippen LogP contribution in [0.15, 0.2) is 12.1 Å². The maximum Gasteiger partial charge on any atom is 0.213 e. The molecule has 3 nitrogen and oxygen atoms in total. The van der Waals surface area contributed by atoms with E-state index in [0.29, 0.717) is 37.5 Å². The molecule has 0 bridgehead atoms. The van der Waals surface area contributed by atoms with Crippen LogP contribution in [0.5, 0.6) is 5.88 Å². The molecule has 4 heteroatoms. The van der Waals surface area contributed by atoms with E-state index < -0.39 is 0 Å². The number of aromatic nitrogens is 1. The predicted octanol–water partition coefficient (Wildman–Crippen LogP) is 3.36. The van der Waals surface area contributed by atoms with Gasteiger partial charge in [0.05, 0.1) is 6.61 Å². The van der Waals surface area contributed by atoms with E-state index in [1.54, 1.807) is 0 Å². The molecular weight excluding hydrogens is 238 g/mol. The second kappa shape index (κ2) is 7.51. The third-order valence-corrected chi connectivity index (χ3v) is 2.62. The van der Waals surface area contributed by atoms with Gasteiger partial charge in [-0.2, -0.15) is 0 Å². The average molecular weight is 258 g/mol. The minimum Gasteiger partial charge on any atom is -0.475 e. The van der Waals surface area contributed by atoms with Crippen LogP contribution < -0.4 is 4.74 Å². The Balaban J connectivity index is 2.66. The molecule has 1 heterocycles. The van der Waals surface area contributed by atoms with Gasteiger partial charge in [-0.25, -0.2) is 4.98 Å². The van der Waals surface area contributed by atoms with E-state index in [0.717, 1.165) is 11.3 Å². The van der Waals surface area contributed by atoms with Crippen molar-refractivity contribution in [3.05, 3.63) is 23.4 Å². The lowest BCUT2D eigenvalue weighted by Crippen LogP contribution is -2.08. The smallest absolute Gasteiger partial charge is 0.213 e. The van der Waals surface area contributed by atoms with Crippen molar-refractivity contribution in [2.45, 2.75) is 32.6 Å². The summed E-state index contributed by atoms with van der Waals surface area (Å²) in [6, 6.07) is 3.90. The number of rotatable bonds is 7. The zero-order chi connectivity index (χ0) is 12.7. The van der Waals surface area contributed by atoms with Crippen molar-refractivity contribution in [3.8, 4) is 5.88 Å². The maximum atomic E-state index is 5.85. The number of hydrogen-bond donors (Lipinski definition) is 0. The number of nitrogens with zero attached hydrogens (tertiary/aromatic N) is 1. The second-order valence-electron chi connectivity index (χ2n) is 4.07. The van der Waals surface area contributed by atoms with Gasteiger partial charge in [0.25, 0.3) is 0 Å². The number of pyridine rings is 1. The summed E-state index contributed by atoms with van der Waals surface area (Å²) in [7, 11) is 0. The van der Waals surface area contributed by atoms with Gasteiger partial charge in [-0.15, -0.1) is 11.6 Å². The summed E-state index contributed by atoms with van der Waals surface area (Å²) < 4.78 is 10.8. The van der Waals surface area contributed by atoms with Gasteiger partial charge >= 0.3 is 0 Å². The summed E-state index contributed by atoms with van der Waals surface area (Å²) in [6.45, 7) is 7.97. The first-order chi connectivity index (χ1) is 8.17. The molecule has 0 saturated carbocycles. The highest BCUT2D eigenvalue weighted by Crippen LogP contribution is 2.20. The van der Waals surface area contributed by atoms with Crippen LogP contribution in [-0.4, -0.2) is 24.8 Å². The SMILES string of the molecule is CCOCCOc1cc(CCl)cc(C(C)C)n1. The maximum absolute atomic E-state index is 5.85. The quantitative estimate of drug-likeness (QED) is 0.554. The Morgan fingerprint density at radius 1 is 1.29 bits per heavy atom. The van der Waals surface area contributed by atoms with Crippen molar-refractivity contribution in [1.82, 2.24) is 4.98 Å². The van der Waals surface area contributed by atoms with Crippen molar-refractivity contribution < 1.29 is 9.47 Å². The summed E-state index contributed by atoms with van der Waals surface area (Å²) in [5, 5.41) is 0. The first kappa shape index (κ1) is 14.3. The fraction of sp³-hybridized carbons (Fsp3) is 0.615. The third-order valence-electron chi connectivity index (χ3n) is 2.31. The van der Waals surface area contributed by atoms with Gasteiger partial charge in [-0.3, -0.25) is 0 Å². The molecule has 0 aromatic carbocycles. The molecule has 0 aliphatic carbocycles. The zero-order valence-electron chi connectivity index (χ0n) is 10.7. The summed E-state index contributed by atoms with van der Waals surface area (Å²) >= 11 is 5.85. The molecule has 1 rings (SSSR count). The Morgan fingerprint density at radius 3 is 2.65 bits per heavy atom. The van der Waals surface area contributed by atoms with E-state index in [1.807, 2.05) is 19.1 Å². The topological polar surface area (TPSA) is 31.4 Å². The zero-order valence-corrected chi connectivity index (χ0v) is 11.5. The molecular formula is C13H20ClNO2. The molecule has 0 aliphatic rings. The van der Waals surface area contributed by atoms with Crippen molar-refractivity contribution in [3.63, 3.8) is 0 Å². The van der Waals surface area contributed by atoms with E-state index in [-0.39, 0.29) is 0 Å². The average Bonchev–Trinajstić information content (AvgIpc) is 2.34. The van der Waals surface area contributed by atoms with Gasteiger partial charge < -0.3 is 9.47 Å². The van der Waals surface area contributed by atoms with Gasteiger partial charge in [-0.1, -0.05) is 13.8 Å². The highest BCUT2D eigenvalue weighted by molar-refractivity contribution is 6.17. The van der Waals surface area contributed by atoms with Crippen LogP contribution in [0.1, 0.15) is 37.9 Å². The highest BCUT2D eigenvalue weighted by atomic mass is 35.5. The lowest BCUT2D eigenvalue weighted by atomic mass is 10.1. The van der Waals surface area contributed by atoms with Crippen molar-refractivity contribution in [1.29, 1.82) is 0 Å². The Bertz CT molecular complexity index is 342. The number of ether oxygens (including phenoxy) is 2. The largest absolute Gasteiger partial charge is 0.475 e. The molecule has 1 aromatic heterocycles. The Labute approximate surface area is 108 Å². The third kappa shape index (κ3) is 4.92. The number of hydrogen-bond acceptors (Lipinski definition) is 3. The van der Waals surface area contributed by atoms with Crippen molar-refractivity contribution >= 4 is 11.6 Å². The van der Waals surface area contributed by atoms with E-state index in [9.17, 15) is 0 Å². The molecule has 0 radical (unpaired) electrons. The Kier molecular flexibility index (Phi) is 6.30. The van der Waals surface area contributed by atoms with Gasteiger partial charge in [0, 0.05) is 24.2 Å². The fourth-order valence-electron chi connectivity index (χ4n) is 1.38. The fourth-order valence-corrected chi connectivity index (χ4v) is 1.53. The van der Waals surface area contributed by atoms with Crippen LogP contribution in [0, 0.1) is 0 Å². The van der Waals surface area contributed by atoms with Crippen LogP contribution in [0.4, 0.5) is 0 Å². The minimum absolute atomic E-state index is 0.368. The molecule has 0 aliphatic heterocycles. The van der Waals surface area contributed by atoms with Gasteiger partial charge in [0.15, 0.2) is 0 Å². The predicted molar refractivity (Wildman–Crippen MR) is 69.9 cm³/mol. The van der Waals surface area contributed by atoms with Crippen LogP contribution in [0.2, 0.25) is 0 Å². The van der Waals surface area contributed by atoms with E-state index in [1.165, 1.54) is 0 Å². The monoisotopic (exact) mass is 257 g/mol. The minimum atomic E-state index is 0.368. The summed E-state index contributed by atoms with van der Waals surface area (Å²) in [6.07, 6.45) is 0. The molecule has 0 amide bonds. The molecule has 0 spiro atoms. The lowest BCUT2D eigenvalue weighted by molar-refractivity contribution is 0.108. The first-order valence-corrected chi connectivity index (χ1v) is 6.48. The molecule has 0 fully saturated rings. The van der Waals surface area contributed by atoms with Crippen molar-refractivity contribution in [2.75, 3.05) is 19.8 Å². The van der Waals surface area contributed by atoms with Gasteiger partial charge in [-0.05, 0) is 24.5 Å². The molecule has 1 aromatic rings. The van der Waals surface area contributed by atoms with E-state index in [4.69, 9.17) is 21.1 Å². The number of alkyl halides is 1.